The average molecular weight is 181 g/mol. The van der Waals surface area contributed by atoms with E-state index in [1.165, 1.54) is 0 Å². The summed E-state index contributed by atoms with van der Waals surface area (Å²) >= 11 is 0. The van der Waals surface area contributed by atoms with Crippen molar-refractivity contribution in [1.29, 1.82) is 0 Å². The van der Waals surface area contributed by atoms with Crippen LogP contribution in [0.15, 0.2) is 0 Å². The summed E-state index contributed by atoms with van der Waals surface area (Å²) in [6.45, 7) is 2.82. The molecule has 0 aromatic carbocycles. The Morgan fingerprint density at radius 1 is 1.55 bits per heavy atom. The van der Waals surface area contributed by atoms with Crippen LogP contribution in [-0.2, 0) is 15.1 Å². The number of hydrogen-bond donors (Lipinski definition) is 1. The van der Waals surface area contributed by atoms with Crippen LogP contribution in [0.4, 0.5) is 0 Å². The van der Waals surface area contributed by atoms with Gasteiger partial charge in [-0.3, -0.25) is 9.35 Å². The van der Waals surface area contributed by atoms with Crippen molar-refractivity contribution in [1.82, 2.24) is 4.31 Å². The molecule has 0 heterocycles. The maximum atomic E-state index is 10.6. The summed E-state index contributed by atoms with van der Waals surface area (Å²) in [5.41, 5.74) is 0. The molecule has 0 aliphatic carbocycles. The highest BCUT2D eigenvalue weighted by Gasteiger charge is 2.19. The summed E-state index contributed by atoms with van der Waals surface area (Å²) in [6, 6.07) is 0. The highest BCUT2D eigenvalue weighted by Crippen LogP contribution is 1.98. The highest BCUT2D eigenvalue weighted by atomic mass is 32.2. The van der Waals surface area contributed by atoms with Crippen LogP contribution in [-0.4, -0.2) is 29.7 Å². The quantitative estimate of drug-likeness (QED) is 0.624. The number of nitrogens with zero attached hydrogens (tertiary/aromatic N) is 1. The van der Waals surface area contributed by atoms with Gasteiger partial charge >= 0.3 is 10.3 Å². The number of hydrogen-bond acceptors (Lipinski definition) is 3. The first-order valence-corrected chi connectivity index (χ1v) is 4.55. The molecule has 0 aliphatic rings. The molecule has 1 N–H and O–H groups in total. The van der Waals surface area contributed by atoms with Crippen LogP contribution in [0.1, 0.15) is 20.3 Å². The van der Waals surface area contributed by atoms with Crippen molar-refractivity contribution in [3.05, 3.63) is 0 Å². The Labute approximate surface area is 65.9 Å². The van der Waals surface area contributed by atoms with E-state index < -0.39 is 16.2 Å². The minimum atomic E-state index is -4.34. The molecule has 66 valence electrons. The van der Waals surface area contributed by atoms with E-state index in [4.69, 9.17) is 4.55 Å². The molecule has 0 bridgehead atoms. The molecule has 0 saturated carbocycles. The van der Waals surface area contributed by atoms with Crippen molar-refractivity contribution in [2.24, 2.45) is 0 Å². The standard InChI is InChI=1S/C5H11NO4S/c1-3-4-6(5(2)7)11(8,9)10/h3-4H2,1-2H3,(H,8,9,10). The zero-order chi connectivity index (χ0) is 9.07. The van der Waals surface area contributed by atoms with Crippen molar-refractivity contribution in [3.8, 4) is 0 Å². The van der Waals surface area contributed by atoms with Gasteiger partial charge in [0.05, 0.1) is 0 Å². The molecule has 0 aliphatic heterocycles. The Balaban J connectivity index is 4.49. The van der Waals surface area contributed by atoms with Gasteiger partial charge in [0.15, 0.2) is 0 Å². The fourth-order valence-electron chi connectivity index (χ4n) is 0.638. The zero-order valence-corrected chi connectivity index (χ0v) is 7.26. The van der Waals surface area contributed by atoms with Crippen molar-refractivity contribution in [2.75, 3.05) is 6.54 Å². The number of rotatable bonds is 3. The van der Waals surface area contributed by atoms with E-state index in [1.807, 2.05) is 0 Å². The maximum absolute atomic E-state index is 10.6. The van der Waals surface area contributed by atoms with Gasteiger partial charge in [-0.2, -0.15) is 8.42 Å². The molecule has 0 fully saturated rings. The van der Waals surface area contributed by atoms with Crippen LogP contribution >= 0.6 is 0 Å². The van der Waals surface area contributed by atoms with Gasteiger partial charge in [0.25, 0.3) is 0 Å². The largest absolute Gasteiger partial charge is 0.362 e. The van der Waals surface area contributed by atoms with Crippen LogP contribution in [0, 0.1) is 0 Å². The first-order chi connectivity index (χ1) is 4.89. The van der Waals surface area contributed by atoms with E-state index in [1.54, 1.807) is 6.92 Å². The molecule has 5 nitrogen and oxygen atoms in total. The van der Waals surface area contributed by atoms with Crippen molar-refractivity contribution >= 4 is 16.2 Å². The summed E-state index contributed by atoms with van der Waals surface area (Å²) in [4.78, 5) is 10.6. The van der Waals surface area contributed by atoms with E-state index in [-0.39, 0.29) is 6.54 Å². The second-order valence-electron chi connectivity index (χ2n) is 2.07. The smallest absolute Gasteiger partial charge is 0.274 e. The van der Waals surface area contributed by atoms with Crippen molar-refractivity contribution < 1.29 is 17.8 Å². The van der Waals surface area contributed by atoms with Crippen LogP contribution in [0.2, 0.25) is 0 Å². The molecule has 11 heavy (non-hydrogen) atoms. The highest BCUT2D eigenvalue weighted by molar-refractivity contribution is 7.83. The van der Waals surface area contributed by atoms with Crippen molar-refractivity contribution in [2.45, 2.75) is 20.3 Å². The summed E-state index contributed by atoms with van der Waals surface area (Å²) < 4.78 is 29.7. The zero-order valence-electron chi connectivity index (χ0n) is 6.44. The lowest BCUT2D eigenvalue weighted by Crippen LogP contribution is -2.35. The first-order valence-electron chi connectivity index (χ1n) is 3.15. The normalized spacial score (nSPS) is 11.2. The molecule has 0 spiro atoms. The molecular weight excluding hydrogens is 170 g/mol. The summed E-state index contributed by atoms with van der Waals surface area (Å²) in [5.74, 6) is -0.672. The van der Waals surface area contributed by atoms with Crippen LogP contribution in [0.3, 0.4) is 0 Å². The lowest BCUT2D eigenvalue weighted by Gasteiger charge is -2.14. The summed E-state index contributed by atoms with van der Waals surface area (Å²) in [5, 5.41) is 0. The Kier molecular flexibility index (Phi) is 3.47. The topological polar surface area (TPSA) is 74.7 Å². The lowest BCUT2D eigenvalue weighted by molar-refractivity contribution is -0.124. The number of carbonyl (C=O) groups is 1. The van der Waals surface area contributed by atoms with Gasteiger partial charge < -0.3 is 0 Å². The summed E-state index contributed by atoms with van der Waals surface area (Å²) in [6.07, 6.45) is 0.485. The minimum absolute atomic E-state index is 0.0220. The van der Waals surface area contributed by atoms with E-state index >= 15 is 0 Å². The molecule has 1 amide bonds. The van der Waals surface area contributed by atoms with Gasteiger partial charge in [0.1, 0.15) is 0 Å². The van der Waals surface area contributed by atoms with Gasteiger partial charge in [0.2, 0.25) is 5.91 Å². The molecule has 0 saturated heterocycles. The third-order valence-corrected chi connectivity index (χ3v) is 2.05. The van der Waals surface area contributed by atoms with E-state index in [2.05, 4.69) is 0 Å². The Morgan fingerprint density at radius 3 is 2.09 bits per heavy atom. The van der Waals surface area contributed by atoms with Gasteiger partial charge in [0, 0.05) is 13.5 Å². The summed E-state index contributed by atoms with van der Waals surface area (Å²) in [7, 11) is -4.34. The first kappa shape index (κ1) is 10.4. The predicted octanol–water partition coefficient (Wildman–Crippen LogP) is 0.0477. The van der Waals surface area contributed by atoms with E-state index in [9.17, 15) is 13.2 Å². The van der Waals surface area contributed by atoms with Gasteiger partial charge in [-0.25, -0.2) is 4.31 Å². The molecule has 0 radical (unpaired) electrons. The second kappa shape index (κ2) is 3.68. The molecule has 0 aromatic heterocycles. The molecule has 0 aromatic rings. The molecule has 0 unspecified atom stereocenters. The predicted molar refractivity (Wildman–Crippen MR) is 39.2 cm³/mol. The SMILES string of the molecule is CCCN(C(C)=O)S(=O)(=O)O. The fraction of sp³-hybridized carbons (Fsp3) is 0.800. The van der Waals surface area contributed by atoms with Crippen LogP contribution in [0.25, 0.3) is 0 Å². The van der Waals surface area contributed by atoms with Crippen LogP contribution in [0.5, 0.6) is 0 Å². The average Bonchev–Trinajstić information content (AvgIpc) is 1.79. The maximum Gasteiger partial charge on any atom is 0.362 e. The number of amides is 1. The number of carbonyl (C=O) groups excluding carboxylic acids is 1. The molecule has 0 rings (SSSR count). The molecular formula is C5H11NO4S. The third kappa shape index (κ3) is 3.33. The Hall–Kier alpha value is -0.620. The fourth-order valence-corrected chi connectivity index (χ4v) is 1.38. The Bertz CT molecular complexity index is 233. The van der Waals surface area contributed by atoms with E-state index in [0.717, 1.165) is 6.92 Å². The van der Waals surface area contributed by atoms with E-state index in [0.29, 0.717) is 10.7 Å². The Morgan fingerprint density at radius 2 is 2.00 bits per heavy atom. The van der Waals surface area contributed by atoms with Crippen LogP contribution < -0.4 is 0 Å². The third-order valence-electron chi connectivity index (χ3n) is 1.06. The van der Waals surface area contributed by atoms with Gasteiger partial charge in [-0.15, -0.1) is 0 Å². The van der Waals surface area contributed by atoms with Gasteiger partial charge in [-0.1, -0.05) is 6.92 Å². The second-order valence-corrected chi connectivity index (χ2v) is 3.41. The molecule has 0 atom stereocenters. The lowest BCUT2D eigenvalue weighted by atomic mass is 10.5. The van der Waals surface area contributed by atoms with Crippen molar-refractivity contribution in [3.63, 3.8) is 0 Å². The minimum Gasteiger partial charge on any atom is -0.274 e. The molecule has 6 heteroatoms. The van der Waals surface area contributed by atoms with Gasteiger partial charge in [-0.05, 0) is 6.42 Å². The monoisotopic (exact) mass is 181 g/mol.